The molecule has 2 aromatic carbocycles. The molecular formula is C29H31N3O7. The highest BCUT2D eigenvalue weighted by Gasteiger charge is 2.63. The summed E-state index contributed by atoms with van der Waals surface area (Å²) < 4.78 is 0. The monoisotopic (exact) mass is 533 g/mol. The standard InChI is InChI=1S/C29H31N3O7/c1-31(2)18-12-15(13-8-6-5-7-9-13)23(33)20-16(18)10-14-11-17-22(32(3)4)25(35)21(28(30)38)27(37)29(17,39)26(36)19(14)24(20)34/h5-9,12,14,17,22,33,35-36,39H,10-11H2,1-4H3,(H2,30,38)/t14-,17-,22-,29+/m0/s1. The molecule has 3 aliphatic rings. The van der Waals surface area contributed by atoms with Gasteiger partial charge in [-0.15, -0.1) is 0 Å². The number of ketones is 2. The fourth-order valence-electron chi connectivity index (χ4n) is 6.54. The number of primary amides is 1. The molecule has 0 fully saturated rings. The molecule has 10 heteroatoms. The summed E-state index contributed by atoms with van der Waals surface area (Å²) in [5.74, 6) is -6.65. The number of aromatic hydroxyl groups is 1. The zero-order valence-corrected chi connectivity index (χ0v) is 22.1. The molecule has 10 nitrogen and oxygen atoms in total. The van der Waals surface area contributed by atoms with Crippen molar-refractivity contribution < 1.29 is 34.8 Å². The Morgan fingerprint density at radius 1 is 1.05 bits per heavy atom. The van der Waals surface area contributed by atoms with Crippen LogP contribution >= 0.6 is 0 Å². The molecule has 4 atom stereocenters. The number of carbonyl (C=O) groups is 3. The summed E-state index contributed by atoms with van der Waals surface area (Å²) in [5, 5.41) is 45.5. The number of hydrogen-bond acceptors (Lipinski definition) is 9. The molecule has 0 spiro atoms. The highest BCUT2D eigenvalue weighted by Crippen LogP contribution is 2.54. The molecule has 0 saturated carbocycles. The zero-order valence-electron chi connectivity index (χ0n) is 22.1. The Morgan fingerprint density at radius 2 is 1.69 bits per heavy atom. The van der Waals surface area contributed by atoms with E-state index in [9.17, 15) is 34.8 Å². The van der Waals surface area contributed by atoms with E-state index in [1.807, 2.05) is 43.3 Å². The van der Waals surface area contributed by atoms with Crippen LogP contribution in [-0.4, -0.2) is 82.6 Å². The van der Waals surface area contributed by atoms with Crippen LogP contribution in [0.4, 0.5) is 5.69 Å². The van der Waals surface area contributed by atoms with Crippen LogP contribution in [-0.2, 0) is 16.0 Å². The quantitative estimate of drug-likeness (QED) is 0.369. The predicted molar refractivity (Wildman–Crippen MR) is 143 cm³/mol. The third-order valence-corrected chi connectivity index (χ3v) is 8.27. The van der Waals surface area contributed by atoms with E-state index in [1.165, 1.54) is 4.90 Å². The predicted octanol–water partition coefficient (Wildman–Crippen LogP) is 1.85. The molecule has 1 amide bonds. The maximum Gasteiger partial charge on any atom is 0.255 e. The molecule has 0 heterocycles. The number of phenols is 1. The maximum atomic E-state index is 14.1. The van der Waals surface area contributed by atoms with Crippen molar-refractivity contribution in [3.05, 3.63) is 70.2 Å². The number of phenolic OH excluding ortho intramolecular Hbond substituents is 1. The van der Waals surface area contributed by atoms with Gasteiger partial charge in [0.25, 0.3) is 5.91 Å². The number of fused-ring (bicyclic) bond motifs is 3. The summed E-state index contributed by atoms with van der Waals surface area (Å²) in [4.78, 5) is 43.0. The Morgan fingerprint density at radius 3 is 2.26 bits per heavy atom. The van der Waals surface area contributed by atoms with E-state index >= 15 is 0 Å². The van der Waals surface area contributed by atoms with E-state index in [0.29, 0.717) is 22.4 Å². The van der Waals surface area contributed by atoms with E-state index in [4.69, 9.17) is 5.73 Å². The summed E-state index contributed by atoms with van der Waals surface area (Å²) in [6, 6.07) is 9.83. The maximum absolute atomic E-state index is 14.1. The summed E-state index contributed by atoms with van der Waals surface area (Å²) in [6.45, 7) is 0. The van der Waals surface area contributed by atoms with Crippen LogP contribution in [0.1, 0.15) is 22.3 Å². The minimum atomic E-state index is -2.67. The third-order valence-electron chi connectivity index (χ3n) is 8.27. The molecule has 0 unspecified atom stereocenters. The lowest BCUT2D eigenvalue weighted by atomic mass is 9.58. The second kappa shape index (κ2) is 8.96. The molecule has 0 bridgehead atoms. The van der Waals surface area contributed by atoms with Crippen molar-refractivity contribution in [1.82, 2.24) is 4.90 Å². The largest absolute Gasteiger partial charge is 0.510 e. The normalized spacial score (nSPS) is 26.4. The van der Waals surface area contributed by atoms with Crippen LogP contribution in [0, 0.1) is 11.8 Å². The SMILES string of the molecule is CN(C)c1cc(-c2ccccc2)c(O)c2c1C[C@H]1C[C@H]3[C@H](N(C)C)C(O)=C(C(N)=O)C(=O)[C@]3(O)C(O)=C1C2=O. The molecule has 0 aliphatic heterocycles. The minimum Gasteiger partial charge on any atom is -0.510 e. The van der Waals surface area contributed by atoms with Gasteiger partial charge in [0.15, 0.2) is 11.4 Å². The highest BCUT2D eigenvalue weighted by molar-refractivity contribution is 6.25. The average Bonchev–Trinajstić information content (AvgIpc) is 2.86. The van der Waals surface area contributed by atoms with Crippen molar-refractivity contribution in [2.75, 3.05) is 33.1 Å². The summed E-state index contributed by atoms with van der Waals surface area (Å²) in [5.41, 5.74) is 4.09. The topological polar surface area (TPSA) is 165 Å². The molecule has 0 aromatic heterocycles. The van der Waals surface area contributed by atoms with Gasteiger partial charge in [0.2, 0.25) is 5.78 Å². The van der Waals surface area contributed by atoms with Gasteiger partial charge in [0.05, 0.1) is 11.6 Å². The first-order valence-corrected chi connectivity index (χ1v) is 12.6. The Balaban J connectivity index is 1.76. The van der Waals surface area contributed by atoms with Gasteiger partial charge in [-0.3, -0.25) is 19.3 Å². The average molecular weight is 534 g/mol. The number of amides is 1. The lowest BCUT2D eigenvalue weighted by Crippen LogP contribution is -2.63. The Kier molecular flexibility index (Phi) is 6.08. The Labute approximate surface area is 225 Å². The number of benzene rings is 2. The van der Waals surface area contributed by atoms with Crippen molar-refractivity contribution in [3.8, 4) is 16.9 Å². The Bertz CT molecular complexity index is 1490. The summed E-state index contributed by atoms with van der Waals surface area (Å²) >= 11 is 0. The first-order valence-electron chi connectivity index (χ1n) is 12.6. The molecule has 6 N–H and O–H groups in total. The second-order valence-electron chi connectivity index (χ2n) is 10.9. The lowest BCUT2D eigenvalue weighted by molar-refractivity contribution is -0.148. The number of nitrogens with two attached hydrogens (primary N) is 1. The second-order valence-corrected chi connectivity index (χ2v) is 10.9. The van der Waals surface area contributed by atoms with Crippen LogP contribution in [0.5, 0.6) is 5.75 Å². The van der Waals surface area contributed by atoms with Crippen molar-refractivity contribution >= 4 is 23.2 Å². The van der Waals surface area contributed by atoms with Crippen LogP contribution in [0.2, 0.25) is 0 Å². The number of aliphatic hydroxyl groups excluding tert-OH is 2. The number of rotatable bonds is 4. The fourth-order valence-corrected chi connectivity index (χ4v) is 6.54. The van der Waals surface area contributed by atoms with Gasteiger partial charge in [-0.1, -0.05) is 30.3 Å². The van der Waals surface area contributed by atoms with Crippen molar-refractivity contribution in [1.29, 1.82) is 0 Å². The third kappa shape index (κ3) is 3.59. The summed E-state index contributed by atoms with van der Waals surface area (Å²) in [7, 11) is 6.84. The number of Topliss-reactive ketones (excluding diaryl/α,β-unsaturated/α-hetero) is 2. The van der Waals surface area contributed by atoms with Crippen molar-refractivity contribution in [2.24, 2.45) is 17.6 Å². The van der Waals surface area contributed by atoms with Crippen LogP contribution in [0.25, 0.3) is 11.1 Å². The van der Waals surface area contributed by atoms with Gasteiger partial charge >= 0.3 is 0 Å². The first-order chi connectivity index (χ1) is 18.3. The number of likely N-dealkylation sites (N-methyl/N-ethyl adjacent to an activating group) is 1. The lowest BCUT2D eigenvalue weighted by Gasteiger charge is -2.50. The molecule has 39 heavy (non-hydrogen) atoms. The van der Waals surface area contributed by atoms with Crippen LogP contribution in [0.3, 0.4) is 0 Å². The van der Waals surface area contributed by atoms with Gasteiger partial charge in [0, 0.05) is 36.8 Å². The van der Waals surface area contributed by atoms with Gasteiger partial charge in [-0.2, -0.15) is 0 Å². The van der Waals surface area contributed by atoms with Crippen molar-refractivity contribution in [3.63, 3.8) is 0 Å². The summed E-state index contributed by atoms with van der Waals surface area (Å²) in [6.07, 6.45) is 0.268. The van der Waals surface area contributed by atoms with E-state index in [1.54, 1.807) is 26.2 Å². The van der Waals surface area contributed by atoms with E-state index < -0.39 is 58.0 Å². The minimum absolute atomic E-state index is 0.0131. The van der Waals surface area contributed by atoms with E-state index in [-0.39, 0.29) is 29.7 Å². The molecule has 3 aliphatic carbocycles. The van der Waals surface area contributed by atoms with E-state index in [0.717, 1.165) is 0 Å². The van der Waals surface area contributed by atoms with Crippen LogP contribution in [0.15, 0.2) is 59.1 Å². The smallest absolute Gasteiger partial charge is 0.255 e. The molecule has 2 aromatic rings. The highest BCUT2D eigenvalue weighted by atomic mass is 16.3. The Hall–Kier alpha value is -4.15. The molecule has 5 rings (SSSR count). The first kappa shape index (κ1) is 26.5. The number of aliphatic hydroxyl groups is 3. The van der Waals surface area contributed by atoms with Gasteiger partial charge < -0.3 is 31.1 Å². The molecular weight excluding hydrogens is 502 g/mol. The number of anilines is 1. The van der Waals surface area contributed by atoms with Crippen LogP contribution < -0.4 is 10.6 Å². The molecule has 0 saturated heterocycles. The number of allylic oxidation sites excluding steroid dienone is 1. The van der Waals surface area contributed by atoms with Gasteiger partial charge in [-0.25, -0.2) is 0 Å². The molecule has 0 radical (unpaired) electrons. The fraction of sp³-hybridized carbons (Fsp3) is 0.345. The zero-order chi connectivity index (χ0) is 28.5. The van der Waals surface area contributed by atoms with E-state index in [2.05, 4.69) is 0 Å². The number of hydrogen-bond donors (Lipinski definition) is 5. The van der Waals surface area contributed by atoms with Gasteiger partial charge in [-0.05, 0) is 50.0 Å². The number of nitrogens with zero attached hydrogens (tertiary/aromatic N) is 2. The van der Waals surface area contributed by atoms with Gasteiger partial charge in [0.1, 0.15) is 22.8 Å². The number of carbonyl (C=O) groups excluding carboxylic acids is 3. The molecule has 204 valence electrons. The van der Waals surface area contributed by atoms with Crippen molar-refractivity contribution in [2.45, 2.75) is 24.5 Å².